The third-order valence-corrected chi connectivity index (χ3v) is 3.51. The topological polar surface area (TPSA) is 43.8 Å². The third kappa shape index (κ3) is 2.74. The molecule has 2 aromatic rings. The van der Waals surface area contributed by atoms with Crippen molar-refractivity contribution in [2.45, 2.75) is 26.3 Å². The van der Waals surface area contributed by atoms with Gasteiger partial charge in [-0.25, -0.2) is 0 Å². The van der Waals surface area contributed by atoms with E-state index in [1.807, 2.05) is 43.8 Å². The summed E-state index contributed by atoms with van der Waals surface area (Å²) in [4.78, 5) is 0. The van der Waals surface area contributed by atoms with Gasteiger partial charge < -0.3 is 5.73 Å². The van der Waals surface area contributed by atoms with E-state index in [1.54, 1.807) is 0 Å². The van der Waals surface area contributed by atoms with E-state index in [0.717, 1.165) is 27.5 Å². The lowest BCUT2D eigenvalue weighted by molar-refractivity contribution is 0.652. The molecule has 0 aliphatic heterocycles. The number of hydrogen-bond donors (Lipinski definition) is 1. The molecule has 0 fully saturated rings. The van der Waals surface area contributed by atoms with Gasteiger partial charge in [0, 0.05) is 17.8 Å². The largest absolute Gasteiger partial charge is 0.322 e. The van der Waals surface area contributed by atoms with Crippen molar-refractivity contribution in [3.8, 4) is 0 Å². The van der Waals surface area contributed by atoms with E-state index < -0.39 is 0 Å². The van der Waals surface area contributed by atoms with Crippen LogP contribution >= 0.6 is 11.6 Å². The third-order valence-electron chi connectivity index (χ3n) is 3.16. The summed E-state index contributed by atoms with van der Waals surface area (Å²) in [6, 6.07) is 7.95. The Hall–Kier alpha value is -1.32. The molecule has 0 bridgehead atoms. The minimum absolute atomic E-state index is 0.120. The summed E-state index contributed by atoms with van der Waals surface area (Å²) < 4.78 is 1.84. The molecule has 1 unspecified atom stereocenters. The fourth-order valence-electron chi connectivity index (χ4n) is 1.93. The molecular weight excluding hydrogens is 246 g/mol. The van der Waals surface area contributed by atoms with Crippen molar-refractivity contribution >= 4 is 11.6 Å². The van der Waals surface area contributed by atoms with Gasteiger partial charge in [-0.3, -0.25) is 4.68 Å². The molecule has 1 heterocycles. The van der Waals surface area contributed by atoms with Crippen LogP contribution in [0.5, 0.6) is 0 Å². The Morgan fingerprint density at radius 3 is 2.61 bits per heavy atom. The Balaban J connectivity index is 2.18. The summed E-state index contributed by atoms with van der Waals surface area (Å²) in [5.41, 5.74) is 10.4. The zero-order chi connectivity index (χ0) is 13.3. The molecule has 0 aliphatic carbocycles. The van der Waals surface area contributed by atoms with Gasteiger partial charge in [-0.15, -0.1) is 0 Å². The number of aryl methyl sites for hydroxylation is 3. The molecule has 96 valence electrons. The van der Waals surface area contributed by atoms with Crippen molar-refractivity contribution in [3.63, 3.8) is 0 Å². The van der Waals surface area contributed by atoms with Crippen LogP contribution in [0.4, 0.5) is 0 Å². The van der Waals surface area contributed by atoms with E-state index in [1.165, 1.54) is 0 Å². The normalized spacial score (nSPS) is 12.7. The molecule has 0 radical (unpaired) electrons. The lowest BCUT2D eigenvalue weighted by Gasteiger charge is -2.10. The lowest BCUT2D eigenvalue weighted by Crippen LogP contribution is -2.14. The van der Waals surface area contributed by atoms with Crippen molar-refractivity contribution in [2.75, 3.05) is 0 Å². The van der Waals surface area contributed by atoms with Crippen LogP contribution in [0.15, 0.2) is 24.3 Å². The van der Waals surface area contributed by atoms with E-state index >= 15 is 0 Å². The molecule has 4 heteroatoms. The molecule has 2 N–H and O–H groups in total. The lowest BCUT2D eigenvalue weighted by atomic mass is 10.0. The molecule has 18 heavy (non-hydrogen) atoms. The molecule has 0 aliphatic rings. The Bertz CT molecular complexity index is 541. The first-order valence-corrected chi connectivity index (χ1v) is 6.36. The minimum Gasteiger partial charge on any atom is -0.322 e. The van der Waals surface area contributed by atoms with Crippen molar-refractivity contribution in [1.29, 1.82) is 0 Å². The van der Waals surface area contributed by atoms with Crippen LogP contribution in [0.3, 0.4) is 0 Å². The fraction of sp³-hybridized carbons (Fsp3) is 0.357. The molecule has 1 aromatic heterocycles. The van der Waals surface area contributed by atoms with Crippen LogP contribution in [0.2, 0.25) is 5.02 Å². The van der Waals surface area contributed by atoms with E-state index in [0.29, 0.717) is 6.42 Å². The summed E-state index contributed by atoms with van der Waals surface area (Å²) in [6.07, 6.45) is 0.704. The van der Waals surface area contributed by atoms with Gasteiger partial charge in [0.2, 0.25) is 0 Å². The van der Waals surface area contributed by atoms with Gasteiger partial charge in [-0.1, -0.05) is 23.7 Å². The number of nitrogens with zero attached hydrogens (tertiary/aromatic N) is 2. The Morgan fingerprint density at radius 1 is 1.33 bits per heavy atom. The molecule has 0 amide bonds. The fourth-order valence-corrected chi connectivity index (χ4v) is 2.24. The van der Waals surface area contributed by atoms with Crippen molar-refractivity contribution in [2.24, 2.45) is 12.8 Å². The second-order valence-corrected chi connectivity index (χ2v) is 5.15. The quantitative estimate of drug-likeness (QED) is 0.925. The van der Waals surface area contributed by atoms with E-state index in [-0.39, 0.29) is 6.04 Å². The van der Waals surface area contributed by atoms with E-state index in [2.05, 4.69) is 11.2 Å². The summed E-state index contributed by atoms with van der Waals surface area (Å²) in [5.74, 6) is 0. The van der Waals surface area contributed by atoms with E-state index in [9.17, 15) is 0 Å². The Labute approximate surface area is 113 Å². The van der Waals surface area contributed by atoms with Gasteiger partial charge in [0.25, 0.3) is 0 Å². The van der Waals surface area contributed by atoms with Gasteiger partial charge >= 0.3 is 0 Å². The number of benzene rings is 1. The molecule has 0 spiro atoms. The number of hydrogen-bond acceptors (Lipinski definition) is 2. The molecule has 0 saturated heterocycles. The average molecular weight is 264 g/mol. The van der Waals surface area contributed by atoms with Gasteiger partial charge in [0.15, 0.2) is 0 Å². The van der Waals surface area contributed by atoms with Crippen LogP contribution in [-0.2, 0) is 13.5 Å². The highest BCUT2D eigenvalue weighted by Gasteiger charge is 2.13. The van der Waals surface area contributed by atoms with Gasteiger partial charge in [-0.05, 0) is 43.5 Å². The number of halogens is 1. The summed E-state index contributed by atoms with van der Waals surface area (Å²) >= 11 is 6.22. The zero-order valence-corrected chi connectivity index (χ0v) is 11.7. The van der Waals surface area contributed by atoms with Crippen molar-refractivity contribution in [1.82, 2.24) is 9.78 Å². The molecule has 0 saturated carbocycles. The van der Waals surface area contributed by atoms with Gasteiger partial charge in [0.05, 0.1) is 11.7 Å². The number of nitrogens with two attached hydrogens (primary N) is 1. The highest BCUT2D eigenvalue weighted by atomic mass is 35.5. The predicted molar refractivity (Wildman–Crippen MR) is 74.8 cm³/mol. The monoisotopic (exact) mass is 263 g/mol. The average Bonchev–Trinajstić information content (AvgIpc) is 2.63. The first kappa shape index (κ1) is 13.1. The maximum Gasteiger partial charge on any atom is 0.0797 e. The Morgan fingerprint density at radius 2 is 2.06 bits per heavy atom. The summed E-state index contributed by atoms with van der Waals surface area (Å²) in [6.45, 7) is 4.04. The number of aromatic nitrogens is 2. The van der Waals surface area contributed by atoms with Crippen molar-refractivity contribution in [3.05, 3.63) is 51.8 Å². The summed E-state index contributed by atoms with van der Waals surface area (Å²) in [7, 11) is 1.92. The van der Waals surface area contributed by atoms with E-state index in [4.69, 9.17) is 17.3 Å². The van der Waals surface area contributed by atoms with Crippen LogP contribution in [-0.4, -0.2) is 9.78 Å². The van der Waals surface area contributed by atoms with Crippen LogP contribution < -0.4 is 5.73 Å². The predicted octanol–water partition coefficient (Wildman–Crippen LogP) is 2.93. The standard InChI is InChI=1S/C14H18ClN3/c1-9-4-5-11(12(15)6-9)8-13(16)14-7-10(2)18(3)17-14/h4-7,13H,8,16H2,1-3H3. The van der Waals surface area contributed by atoms with Crippen LogP contribution in [0.1, 0.15) is 28.6 Å². The molecule has 2 rings (SSSR count). The van der Waals surface area contributed by atoms with Crippen LogP contribution in [0, 0.1) is 13.8 Å². The minimum atomic E-state index is -0.120. The van der Waals surface area contributed by atoms with Gasteiger partial charge in [-0.2, -0.15) is 5.10 Å². The highest BCUT2D eigenvalue weighted by Crippen LogP contribution is 2.23. The SMILES string of the molecule is Cc1ccc(CC(N)c2cc(C)n(C)n2)c(Cl)c1. The second-order valence-electron chi connectivity index (χ2n) is 4.74. The maximum atomic E-state index is 6.22. The highest BCUT2D eigenvalue weighted by molar-refractivity contribution is 6.31. The van der Waals surface area contributed by atoms with Gasteiger partial charge in [0.1, 0.15) is 0 Å². The molecule has 1 atom stereocenters. The maximum absolute atomic E-state index is 6.22. The van der Waals surface area contributed by atoms with Crippen molar-refractivity contribution < 1.29 is 0 Å². The number of rotatable bonds is 3. The molecule has 1 aromatic carbocycles. The molecular formula is C14H18ClN3. The first-order chi connectivity index (χ1) is 8.47. The van der Waals surface area contributed by atoms with Crippen LogP contribution in [0.25, 0.3) is 0 Å². The Kier molecular flexibility index (Phi) is 3.73. The summed E-state index contributed by atoms with van der Waals surface area (Å²) in [5, 5.41) is 5.18. The zero-order valence-electron chi connectivity index (χ0n) is 10.9. The smallest absolute Gasteiger partial charge is 0.0797 e. The first-order valence-electron chi connectivity index (χ1n) is 5.98. The molecule has 3 nitrogen and oxygen atoms in total. The second kappa shape index (κ2) is 5.12.